The lowest BCUT2D eigenvalue weighted by molar-refractivity contribution is 0.0527. The molecule has 0 spiro atoms. The fraction of sp³-hybridized carbons (Fsp3) is 0.318. The van der Waals surface area contributed by atoms with Crippen molar-refractivity contribution < 1.29 is 19.4 Å². The molecule has 0 saturated heterocycles. The van der Waals surface area contributed by atoms with Gasteiger partial charge in [-0.1, -0.05) is 30.3 Å². The number of aliphatic hydroxyl groups is 1. The van der Waals surface area contributed by atoms with Crippen LogP contribution in [0.2, 0.25) is 0 Å². The molecule has 2 aromatic carbocycles. The Kier molecular flexibility index (Phi) is 6.34. The number of nitrogens with zero attached hydrogens (tertiary/aromatic N) is 1. The van der Waals surface area contributed by atoms with Gasteiger partial charge in [-0.3, -0.25) is 0 Å². The molecule has 0 bridgehead atoms. The molecule has 1 heterocycles. The molecule has 0 aliphatic carbocycles. The number of carbonyl (C=O) groups is 1. The molecule has 1 unspecified atom stereocenters. The first-order valence-electron chi connectivity index (χ1n) is 9.38. The molecule has 3 rings (SSSR count). The van der Waals surface area contributed by atoms with Gasteiger partial charge in [0.05, 0.1) is 24.8 Å². The average Bonchev–Trinajstić information content (AvgIpc) is 2.98. The third-order valence-corrected chi connectivity index (χ3v) is 4.66. The first-order chi connectivity index (χ1) is 13.5. The van der Waals surface area contributed by atoms with E-state index in [1.807, 2.05) is 43.3 Å². The van der Waals surface area contributed by atoms with Crippen molar-refractivity contribution in [1.82, 2.24) is 4.57 Å². The molecule has 0 radical (unpaired) electrons. The number of hydrogen-bond donors (Lipinski definition) is 2. The van der Waals surface area contributed by atoms with Crippen molar-refractivity contribution in [3.05, 3.63) is 65.4 Å². The standard InChI is InChI=1S/C22H26N2O4/c1-3-27-22(26)21-15(2)24(12-16-7-5-4-6-8-16)20-10-9-18(11-19(20)21)28-14-17(23)13-25/h4-11,17,25H,3,12-14,23H2,1-2H3. The molecule has 3 N–H and O–H groups in total. The molecule has 3 aromatic rings. The van der Waals surface area contributed by atoms with E-state index in [9.17, 15) is 4.79 Å². The quantitative estimate of drug-likeness (QED) is 0.585. The molecule has 6 nitrogen and oxygen atoms in total. The van der Waals surface area contributed by atoms with Crippen molar-refractivity contribution in [2.75, 3.05) is 19.8 Å². The summed E-state index contributed by atoms with van der Waals surface area (Å²) in [4.78, 5) is 12.6. The van der Waals surface area contributed by atoms with E-state index in [1.54, 1.807) is 6.92 Å². The van der Waals surface area contributed by atoms with Gasteiger partial charge in [-0.05, 0) is 37.6 Å². The molecular weight excluding hydrogens is 356 g/mol. The highest BCUT2D eigenvalue weighted by molar-refractivity contribution is 6.06. The summed E-state index contributed by atoms with van der Waals surface area (Å²) in [6, 6.07) is 15.3. The highest BCUT2D eigenvalue weighted by Crippen LogP contribution is 2.31. The third-order valence-electron chi connectivity index (χ3n) is 4.66. The Balaban J connectivity index is 2.05. The van der Waals surface area contributed by atoms with Crippen LogP contribution >= 0.6 is 0 Å². The van der Waals surface area contributed by atoms with Crippen LogP contribution in [0.3, 0.4) is 0 Å². The van der Waals surface area contributed by atoms with Crippen molar-refractivity contribution in [3.8, 4) is 5.75 Å². The second-order valence-electron chi connectivity index (χ2n) is 6.69. The molecule has 28 heavy (non-hydrogen) atoms. The Bertz CT molecular complexity index is 950. The molecule has 6 heteroatoms. The second-order valence-corrected chi connectivity index (χ2v) is 6.69. The normalized spacial score (nSPS) is 12.1. The second kappa shape index (κ2) is 8.91. The Hall–Kier alpha value is -2.83. The predicted octanol–water partition coefficient (Wildman–Crippen LogP) is 2.87. The van der Waals surface area contributed by atoms with Gasteiger partial charge in [0, 0.05) is 23.1 Å². The predicted molar refractivity (Wildman–Crippen MR) is 109 cm³/mol. The maximum atomic E-state index is 12.6. The highest BCUT2D eigenvalue weighted by Gasteiger charge is 2.21. The van der Waals surface area contributed by atoms with Gasteiger partial charge in [-0.25, -0.2) is 4.79 Å². The lowest BCUT2D eigenvalue weighted by Crippen LogP contribution is -2.31. The maximum absolute atomic E-state index is 12.6. The van der Waals surface area contributed by atoms with Crippen LogP contribution in [0.5, 0.6) is 5.75 Å². The monoisotopic (exact) mass is 382 g/mol. The van der Waals surface area contributed by atoms with E-state index in [0.717, 1.165) is 22.2 Å². The van der Waals surface area contributed by atoms with E-state index in [2.05, 4.69) is 16.7 Å². The number of rotatable bonds is 8. The van der Waals surface area contributed by atoms with E-state index in [-0.39, 0.29) is 19.2 Å². The minimum atomic E-state index is -0.454. The van der Waals surface area contributed by atoms with Crippen LogP contribution in [-0.4, -0.2) is 41.5 Å². The topological polar surface area (TPSA) is 86.7 Å². The Labute approximate surface area is 164 Å². The molecule has 0 aliphatic heterocycles. The lowest BCUT2D eigenvalue weighted by atomic mass is 10.1. The van der Waals surface area contributed by atoms with Crippen molar-refractivity contribution in [3.63, 3.8) is 0 Å². The zero-order valence-corrected chi connectivity index (χ0v) is 16.2. The molecule has 0 amide bonds. The van der Waals surface area contributed by atoms with Gasteiger partial charge in [0.1, 0.15) is 12.4 Å². The van der Waals surface area contributed by atoms with E-state index in [0.29, 0.717) is 24.5 Å². The summed E-state index contributed by atoms with van der Waals surface area (Å²) in [6.45, 7) is 4.73. The Morgan fingerprint density at radius 3 is 2.64 bits per heavy atom. The van der Waals surface area contributed by atoms with E-state index in [4.69, 9.17) is 20.3 Å². The number of carbonyl (C=O) groups excluding carboxylic acids is 1. The first kappa shape index (κ1) is 19.9. The van der Waals surface area contributed by atoms with Crippen LogP contribution in [0, 0.1) is 6.92 Å². The van der Waals surface area contributed by atoms with Crippen molar-refractivity contribution in [2.45, 2.75) is 26.4 Å². The lowest BCUT2D eigenvalue weighted by Gasteiger charge is -2.11. The van der Waals surface area contributed by atoms with E-state index < -0.39 is 6.04 Å². The van der Waals surface area contributed by atoms with Crippen LogP contribution in [0.1, 0.15) is 28.5 Å². The average molecular weight is 382 g/mol. The molecule has 1 aromatic heterocycles. The molecule has 0 aliphatic rings. The summed E-state index contributed by atoms with van der Waals surface area (Å²) < 4.78 is 13.1. The number of esters is 1. The fourth-order valence-electron chi connectivity index (χ4n) is 3.24. The summed E-state index contributed by atoms with van der Waals surface area (Å²) in [5.74, 6) is 0.250. The van der Waals surface area contributed by atoms with Gasteiger partial charge in [0.2, 0.25) is 0 Å². The van der Waals surface area contributed by atoms with Crippen molar-refractivity contribution in [1.29, 1.82) is 0 Å². The number of benzene rings is 2. The summed E-state index contributed by atoms with van der Waals surface area (Å²) in [5, 5.41) is 9.85. The number of nitrogens with two attached hydrogens (primary N) is 1. The summed E-state index contributed by atoms with van der Waals surface area (Å²) >= 11 is 0. The summed E-state index contributed by atoms with van der Waals surface area (Å²) in [7, 11) is 0. The van der Waals surface area contributed by atoms with Crippen LogP contribution in [0.4, 0.5) is 0 Å². The molecule has 0 saturated carbocycles. The number of aromatic nitrogens is 1. The van der Waals surface area contributed by atoms with E-state index in [1.165, 1.54) is 0 Å². The summed E-state index contributed by atoms with van der Waals surface area (Å²) in [6.07, 6.45) is 0. The Morgan fingerprint density at radius 1 is 1.21 bits per heavy atom. The van der Waals surface area contributed by atoms with Gasteiger partial charge in [-0.2, -0.15) is 0 Å². The van der Waals surface area contributed by atoms with Gasteiger partial charge in [0.25, 0.3) is 0 Å². The van der Waals surface area contributed by atoms with Crippen LogP contribution in [0.25, 0.3) is 10.9 Å². The highest BCUT2D eigenvalue weighted by atomic mass is 16.5. The fourth-order valence-corrected chi connectivity index (χ4v) is 3.24. The van der Waals surface area contributed by atoms with Crippen LogP contribution in [0.15, 0.2) is 48.5 Å². The third kappa shape index (κ3) is 4.18. The first-order valence-corrected chi connectivity index (χ1v) is 9.38. The van der Waals surface area contributed by atoms with Gasteiger partial charge < -0.3 is 24.9 Å². The smallest absolute Gasteiger partial charge is 0.340 e. The van der Waals surface area contributed by atoms with Gasteiger partial charge >= 0.3 is 5.97 Å². The van der Waals surface area contributed by atoms with Crippen molar-refractivity contribution >= 4 is 16.9 Å². The minimum Gasteiger partial charge on any atom is -0.492 e. The van der Waals surface area contributed by atoms with Crippen molar-refractivity contribution in [2.24, 2.45) is 5.73 Å². The largest absolute Gasteiger partial charge is 0.492 e. The number of ether oxygens (including phenoxy) is 2. The number of fused-ring (bicyclic) bond motifs is 1. The zero-order valence-electron chi connectivity index (χ0n) is 16.2. The molecule has 0 fully saturated rings. The van der Waals surface area contributed by atoms with Gasteiger partial charge in [-0.15, -0.1) is 0 Å². The molecular formula is C22H26N2O4. The molecule has 148 valence electrons. The Morgan fingerprint density at radius 2 is 1.96 bits per heavy atom. The SMILES string of the molecule is CCOC(=O)c1c(C)n(Cc2ccccc2)c2ccc(OCC(N)CO)cc12. The summed E-state index contributed by atoms with van der Waals surface area (Å²) in [5.41, 5.74) is 9.19. The van der Waals surface area contributed by atoms with Gasteiger partial charge in [0.15, 0.2) is 0 Å². The van der Waals surface area contributed by atoms with Crippen LogP contribution < -0.4 is 10.5 Å². The number of hydrogen-bond acceptors (Lipinski definition) is 5. The number of aliphatic hydroxyl groups excluding tert-OH is 1. The maximum Gasteiger partial charge on any atom is 0.340 e. The van der Waals surface area contributed by atoms with E-state index >= 15 is 0 Å². The zero-order chi connectivity index (χ0) is 20.1. The minimum absolute atomic E-state index is 0.150. The molecule has 1 atom stereocenters. The van der Waals surface area contributed by atoms with Crippen LogP contribution in [-0.2, 0) is 11.3 Å².